The molecule has 2 aliphatic rings. The first kappa shape index (κ1) is 25.3. The Morgan fingerprint density at radius 1 is 0.919 bits per heavy atom. The van der Waals surface area contributed by atoms with Crippen LogP contribution >= 0.6 is 0 Å². The predicted octanol–water partition coefficient (Wildman–Crippen LogP) is 2.22. The molecule has 194 valence electrons. The van der Waals surface area contributed by atoms with Gasteiger partial charge in [-0.25, -0.2) is 24.2 Å². The molecule has 0 aromatic heterocycles. The number of aromatic carboxylic acids is 2. The quantitative estimate of drug-likeness (QED) is 0.274. The molecule has 1 aliphatic carbocycles. The van der Waals surface area contributed by atoms with Crippen molar-refractivity contribution in [2.75, 3.05) is 10.9 Å². The van der Waals surface area contributed by atoms with Crippen molar-refractivity contribution in [2.24, 2.45) is 5.41 Å². The first-order valence-corrected chi connectivity index (χ1v) is 11.3. The minimum atomic E-state index is -1.28. The van der Waals surface area contributed by atoms with Gasteiger partial charge in [-0.15, -0.1) is 0 Å². The fraction of sp³-hybridized carbons (Fsp3) is 0.292. The normalized spacial score (nSPS) is 21.9. The van der Waals surface area contributed by atoms with Crippen LogP contribution in [0.1, 0.15) is 47.4 Å². The number of carbonyl (C=O) groups is 5. The van der Waals surface area contributed by atoms with Crippen LogP contribution in [-0.2, 0) is 4.79 Å². The molecule has 1 saturated heterocycles. The van der Waals surface area contributed by atoms with E-state index in [1.54, 1.807) is 0 Å². The van der Waals surface area contributed by atoms with E-state index in [0.29, 0.717) is 17.8 Å². The maximum absolute atomic E-state index is 13.2. The molecule has 7 N–H and O–H groups in total. The topological polar surface area (TPSA) is 189 Å². The third-order valence-corrected chi connectivity index (χ3v) is 6.23. The predicted molar refractivity (Wildman–Crippen MR) is 131 cm³/mol. The molecule has 1 saturated carbocycles. The summed E-state index contributed by atoms with van der Waals surface area (Å²) >= 11 is 0. The molecule has 13 nitrogen and oxygen atoms in total. The van der Waals surface area contributed by atoms with Crippen LogP contribution in [0.2, 0.25) is 0 Å². The van der Waals surface area contributed by atoms with E-state index in [-0.39, 0.29) is 23.3 Å². The molecule has 2 unspecified atom stereocenters. The molecule has 2 fully saturated rings. The van der Waals surface area contributed by atoms with Crippen molar-refractivity contribution in [3.8, 4) is 0 Å². The summed E-state index contributed by atoms with van der Waals surface area (Å²) in [6, 6.07) is 9.03. The molecular weight excluding hydrogens is 484 g/mol. The molecule has 2 aromatic carbocycles. The highest BCUT2D eigenvalue weighted by Crippen LogP contribution is 2.44. The number of nitrogens with one attached hydrogen (secondary N) is 5. The van der Waals surface area contributed by atoms with Crippen LogP contribution in [0.4, 0.5) is 21.0 Å². The summed E-state index contributed by atoms with van der Waals surface area (Å²) in [4.78, 5) is 60.6. The molecule has 0 radical (unpaired) electrons. The first-order chi connectivity index (χ1) is 17.4. The van der Waals surface area contributed by atoms with Gasteiger partial charge in [0.05, 0.1) is 22.5 Å². The number of Topliss-reactive ketones (excluding diaryl/α,β-unsaturated/α-hetero) is 1. The maximum atomic E-state index is 13.2. The van der Waals surface area contributed by atoms with Gasteiger partial charge in [0.25, 0.3) is 0 Å². The van der Waals surface area contributed by atoms with Crippen LogP contribution in [-0.4, -0.2) is 56.7 Å². The molecule has 1 aliphatic heterocycles. The zero-order valence-corrected chi connectivity index (χ0v) is 20.0. The van der Waals surface area contributed by atoms with E-state index in [1.165, 1.54) is 53.5 Å². The minimum absolute atomic E-state index is 0.0728. The van der Waals surface area contributed by atoms with Gasteiger partial charge in [-0.3, -0.25) is 21.1 Å². The Labute approximate surface area is 211 Å². The van der Waals surface area contributed by atoms with Crippen molar-refractivity contribution in [2.45, 2.75) is 38.4 Å². The van der Waals surface area contributed by atoms with Gasteiger partial charge in [0.15, 0.2) is 11.4 Å². The second-order valence-electron chi connectivity index (χ2n) is 9.71. The van der Waals surface area contributed by atoms with E-state index in [1.807, 2.05) is 13.8 Å². The zero-order chi connectivity index (χ0) is 27.0. The summed E-state index contributed by atoms with van der Waals surface area (Å²) in [5.41, 5.74) is 7.20. The lowest BCUT2D eigenvalue weighted by Crippen LogP contribution is -2.87. The first-order valence-electron chi connectivity index (χ1n) is 11.3. The van der Waals surface area contributed by atoms with Crippen LogP contribution in [0.5, 0.6) is 0 Å². The summed E-state index contributed by atoms with van der Waals surface area (Å²) in [5.74, 6) is -2.46. The highest BCUT2D eigenvalue weighted by atomic mass is 16.4. The van der Waals surface area contributed by atoms with Crippen molar-refractivity contribution >= 4 is 41.2 Å². The van der Waals surface area contributed by atoms with Gasteiger partial charge in [-0.2, -0.15) is 0 Å². The number of carboxylic acid groups (broad SMARTS) is 2. The average Bonchev–Trinajstić information content (AvgIpc) is 2.83. The van der Waals surface area contributed by atoms with Gasteiger partial charge in [-0.05, 0) is 60.4 Å². The third-order valence-electron chi connectivity index (χ3n) is 6.23. The van der Waals surface area contributed by atoms with Gasteiger partial charge in [0.1, 0.15) is 6.04 Å². The van der Waals surface area contributed by atoms with E-state index in [2.05, 4.69) is 26.9 Å². The van der Waals surface area contributed by atoms with Crippen molar-refractivity contribution in [3.63, 3.8) is 0 Å². The molecule has 13 heteroatoms. The number of rotatable bonds is 7. The van der Waals surface area contributed by atoms with E-state index < -0.39 is 41.1 Å². The van der Waals surface area contributed by atoms with E-state index >= 15 is 0 Å². The number of carbonyl (C=O) groups excluding carboxylic acids is 3. The fourth-order valence-electron chi connectivity index (χ4n) is 4.64. The Hall–Kier alpha value is -4.81. The van der Waals surface area contributed by atoms with Crippen LogP contribution < -0.4 is 26.9 Å². The molecule has 2 atom stereocenters. The minimum Gasteiger partial charge on any atom is -0.478 e. The average molecular weight is 511 g/mol. The molecule has 4 amide bonds. The number of anilines is 2. The standard InChI is InChI=1S/C24H26N6O7/c1-23(2)11-17(31)18(25-21(36)28-27-15-7-3-13(4-8-15)19(32)33)24(12-23)26-22(37)30(24)29-16-9-5-14(6-10-16)20(34)35/h3-10,18,27,29H,11-12H2,1-2H3,(H,26,37)(H,32,33)(H,34,35)(H2,25,28,36). The van der Waals surface area contributed by atoms with Gasteiger partial charge in [-0.1, -0.05) is 13.8 Å². The lowest BCUT2D eigenvalue weighted by atomic mass is 9.67. The Kier molecular flexibility index (Phi) is 6.38. The number of benzene rings is 2. The second kappa shape index (κ2) is 9.33. The highest BCUT2D eigenvalue weighted by Gasteiger charge is 2.63. The van der Waals surface area contributed by atoms with Crippen LogP contribution in [0.25, 0.3) is 0 Å². The number of hydrazine groups is 2. The van der Waals surface area contributed by atoms with Crippen LogP contribution in [0.3, 0.4) is 0 Å². The number of ketones is 1. The van der Waals surface area contributed by atoms with Crippen molar-refractivity contribution in [1.29, 1.82) is 0 Å². The third kappa shape index (κ3) is 5.10. The molecular formula is C24H26N6O7. The van der Waals surface area contributed by atoms with Crippen molar-refractivity contribution in [1.82, 2.24) is 21.1 Å². The number of urea groups is 2. The summed E-state index contributed by atoms with van der Waals surface area (Å²) in [5, 5.41) is 24.7. The monoisotopic (exact) mass is 510 g/mol. The fourth-order valence-corrected chi connectivity index (χ4v) is 4.64. The summed E-state index contributed by atoms with van der Waals surface area (Å²) in [6.45, 7) is 3.77. The molecule has 37 heavy (non-hydrogen) atoms. The van der Waals surface area contributed by atoms with Gasteiger partial charge >= 0.3 is 24.0 Å². The van der Waals surface area contributed by atoms with Gasteiger partial charge < -0.3 is 20.8 Å². The van der Waals surface area contributed by atoms with Crippen molar-refractivity contribution in [3.05, 3.63) is 59.7 Å². The Morgan fingerprint density at radius 3 is 1.97 bits per heavy atom. The molecule has 2 aromatic rings. The number of nitrogens with zero attached hydrogens (tertiary/aromatic N) is 1. The highest BCUT2D eigenvalue weighted by molar-refractivity contribution is 5.96. The van der Waals surface area contributed by atoms with Crippen molar-refractivity contribution < 1.29 is 34.2 Å². The largest absolute Gasteiger partial charge is 0.478 e. The maximum Gasteiger partial charge on any atom is 0.340 e. The van der Waals surface area contributed by atoms with Gasteiger partial charge in [0, 0.05) is 6.42 Å². The smallest absolute Gasteiger partial charge is 0.340 e. The molecule has 1 spiro atoms. The molecule has 0 bridgehead atoms. The number of amides is 4. The Balaban J connectivity index is 1.50. The van der Waals surface area contributed by atoms with E-state index in [4.69, 9.17) is 10.2 Å². The molecule has 1 heterocycles. The zero-order valence-electron chi connectivity index (χ0n) is 20.0. The summed E-state index contributed by atoms with van der Waals surface area (Å²) in [7, 11) is 0. The number of carboxylic acids is 2. The second-order valence-corrected chi connectivity index (χ2v) is 9.71. The summed E-state index contributed by atoms with van der Waals surface area (Å²) < 4.78 is 0. The lowest BCUT2D eigenvalue weighted by Gasteiger charge is -2.59. The number of hydrogen-bond donors (Lipinski definition) is 7. The van der Waals surface area contributed by atoms with Crippen LogP contribution in [0.15, 0.2) is 48.5 Å². The van der Waals surface area contributed by atoms with Gasteiger partial charge in [0.2, 0.25) is 0 Å². The lowest BCUT2D eigenvalue weighted by molar-refractivity contribution is -0.137. The van der Waals surface area contributed by atoms with E-state index in [9.17, 15) is 24.0 Å². The Bertz CT molecular complexity index is 1260. The van der Waals surface area contributed by atoms with Crippen LogP contribution in [0, 0.1) is 5.41 Å². The Morgan fingerprint density at radius 2 is 1.46 bits per heavy atom. The summed E-state index contributed by atoms with van der Waals surface area (Å²) in [6.07, 6.45) is 0.494. The SMILES string of the molecule is CC1(C)CC(=O)C(NC(=O)NNc2ccc(C(=O)O)cc2)C2(C1)NC(=O)N2Nc1ccc(C(=O)O)cc1. The number of hydrogen-bond acceptors (Lipinski definition) is 7. The molecule has 4 rings (SSSR count). The van der Waals surface area contributed by atoms with E-state index in [0.717, 1.165) is 0 Å².